The van der Waals surface area contributed by atoms with Gasteiger partial charge in [0.1, 0.15) is 0 Å². The molecular formula is C16H12F3NO6S2. The van der Waals surface area contributed by atoms with Crippen molar-refractivity contribution in [1.29, 1.82) is 0 Å². The van der Waals surface area contributed by atoms with Crippen molar-refractivity contribution in [3.8, 4) is 0 Å². The van der Waals surface area contributed by atoms with E-state index in [1.54, 1.807) is 4.72 Å². The van der Waals surface area contributed by atoms with Crippen LogP contribution in [0.15, 0.2) is 36.4 Å². The SMILES string of the molecule is COC(=O)c1ccccc1CS(=O)(=O)NC(=O)c1ccc(C(=O)C(F)(F)F)s1. The monoisotopic (exact) mass is 435 g/mol. The lowest BCUT2D eigenvalue weighted by Crippen LogP contribution is -2.31. The number of carbonyl (C=O) groups excluding carboxylic acids is 3. The van der Waals surface area contributed by atoms with Crippen molar-refractivity contribution in [2.24, 2.45) is 0 Å². The fourth-order valence-corrected chi connectivity index (χ4v) is 4.16. The molecule has 0 radical (unpaired) electrons. The van der Waals surface area contributed by atoms with Crippen LogP contribution in [-0.4, -0.2) is 39.4 Å². The van der Waals surface area contributed by atoms with Gasteiger partial charge in [-0.2, -0.15) is 13.2 Å². The van der Waals surface area contributed by atoms with Gasteiger partial charge in [0.25, 0.3) is 11.7 Å². The summed E-state index contributed by atoms with van der Waals surface area (Å²) in [6.45, 7) is 0. The Bertz CT molecular complexity index is 1030. The number of ether oxygens (including phenoxy) is 1. The number of methoxy groups -OCH3 is 1. The molecule has 0 spiro atoms. The Balaban J connectivity index is 2.18. The minimum absolute atomic E-state index is 0.0167. The topological polar surface area (TPSA) is 107 Å². The van der Waals surface area contributed by atoms with E-state index in [-0.39, 0.29) is 22.5 Å². The van der Waals surface area contributed by atoms with E-state index in [4.69, 9.17) is 0 Å². The van der Waals surface area contributed by atoms with E-state index in [1.807, 2.05) is 0 Å². The van der Waals surface area contributed by atoms with Crippen molar-refractivity contribution in [2.45, 2.75) is 11.9 Å². The summed E-state index contributed by atoms with van der Waals surface area (Å²) in [6.07, 6.45) is -5.11. The highest BCUT2D eigenvalue weighted by molar-refractivity contribution is 7.89. The molecule has 7 nitrogen and oxygen atoms in total. The molecule has 0 aliphatic heterocycles. The first-order valence-corrected chi connectivity index (χ1v) is 9.84. The summed E-state index contributed by atoms with van der Waals surface area (Å²) in [7, 11) is -3.18. The van der Waals surface area contributed by atoms with Crippen LogP contribution in [-0.2, 0) is 20.5 Å². The minimum Gasteiger partial charge on any atom is -0.465 e. The number of nitrogens with one attached hydrogen (secondary N) is 1. The molecule has 12 heteroatoms. The third kappa shape index (κ3) is 5.16. The molecule has 2 rings (SSSR count). The predicted octanol–water partition coefficient (Wildman–Crippen LogP) is 2.54. The molecule has 2 aromatic rings. The number of amides is 1. The van der Waals surface area contributed by atoms with Gasteiger partial charge in [0.2, 0.25) is 10.0 Å². The fourth-order valence-electron chi connectivity index (χ4n) is 2.11. The molecule has 1 N–H and O–H groups in total. The second-order valence-corrected chi connectivity index (χ2v) is 8.14. The average molecular weight is 435 g/mol. The maximum Gasteiger partial charge on any atom is 0.455 e. The van der Waals surface area contributed by atoms with Gasteiger partial charge in [-0.3, -0.25) is 9.59 Å². The molecule has 0 fully saturated rings. The molecule has 0 aliphatic carbocycles. The lowest BCUT2D eigenvalue weighted by Gasteiger charge is -2.09. The first-order valence-electron chi connectivity index (χ1n) is 7.37. The maximum atomic E-state index is 12.4. The lowest BCUT2D eigenvalue weighted by molar-refractivity contribution is -0.0882. The molecule has 1 amide bonds. The third-order valence-corrected chi connectivity index (χ3v) is 5.60. The van der Waals surface area contributed by atoms with Crippen molar-refractivity contribution in [2.75, 3.05) is 7.11 Å². The van der Waals surface area contributed by atoms with E-state index in [0.717, 1.165) is 19.2 Å². The van der Waals surface area contributed by atoms with Gasteiger partial charge >= 0.3 is 12.1 Å². The Morgan fingerprint density at radius 2 is 1.68 bits per heavy atom. The molecule has 0 unspecified atom stereocenters. The number of ketones is 1. The van der Waals surface area contributed by atoms with E-state index in [1.165, 1.54) is 24.3 Å². The van der Waals surface area contributed by atoms with Crippen molar-refractivity contribution in [3.63, 3.8) is 0 Å². The van der Waals surface area contributed by atoms with Gasteiger partial charge in [-0.25, -0.2) is 17.9 Å². The summed E-state index contributed by atoms with van der Waals surface area (Å²) in [6, 6.07) is 7.36. The fraction of sp³-hybridized carbons (Fsp3) is 0.188. The summed E-state index contributed by atoms with van der Waals surface area (Å²) < 4.78 is 67.9. The number of Topliss-reactive ketones (excluding diaryl/α,β-unsaturated/α-hetero) is 1. The number of halogens is 3. The zero-order valence-corrected chi connectivity index (χ0v) is 15.7. The Labute approximate surface area is 161 Å². The van der Waals surface area contributed by atoms with Gasteiger partial charge in [0.15, 0.2) is 0 Å². The van der Waals surface area contributed by atoms with Crippen LogP contribution in [0.3, 0.4) is 0 Å². The van der Waals surface area contributed by atoms with Crippen molar-refractivity contribution < 1.29 is 40.7 Å². The number of carbonyl (C=O) groups is 3. The van der Waals surface area contributed by atoms with E-state index in [9.17, 15) is 36.0 Å². The molecule has 1 aromatic carbocycles. The molecule has 1 aromatic heterocycles. The van der Waals surface area contributed by atoms with Crippen LogP contribution in [0.5, 0.6) is 0 Å². The second-order valence-electron chi connectivity index (χ2n) is 5.33. The number of hydrogen-bond acceptors (Lipinski definition) is 7. The van der Waals surface area contributed by atoms with Gasteiger partial charge in [-0.15, -0.1) is 11.3 Å². The quantitative estimate of drug-likeness (QED) is 0.552. The first-order chi connectivity index (χ1) is 12.9. The summed E-state index contributed by atoms with van der Waals surface area (Å²) in [5.41, 5.74) is 0.0470. The zero-order valence-electron chi connectivity index (χ0n) is 14.1. The highest BCUT2D eigenvalue weighted by atomic mass is 32.2. The maximum absolute atomic E-state index is 12.4. The second kappa shape index (κ2) is 8.10. The molecule has 28 heavy (non-hydrogen) atoms. The van der Waals surface area contributed by atoms with Gasteiger partial charge in [-0.1, -0.05) is 18.2 Å². The van der Waals surface area contributed by atoms with Crippen LogP contribution < -0.4 is 4.72 Å². The summed E-state index contributed by atoms with van der Waals surface area (Å²) in [4.78, 5) is 33.7. The number of rotatable bonds is 6. The first kappa shape index (κ1) is 21.6. The van der Waals surface area contributed by atoms with Crippen LogP contribution in [0, 0.1) is 0 Å². The van der Waals surface area contributed by atoms with Gasteiger partial charge in [0, 0.05) is 0 Å². The Hall–Kier alpha value is -2.73. The average Bonchev–Trinajstić information content (AvgIpc) is 3.09. The number of esters is 1. The standard InChI is InChI=1S/C16H12F3NO6S2/c1-26-15(23)10-5-3-2-4-9(10)8-28(24,25)20-14(22)12-7-6-11(27-12)13(21)16(17,18)19/h2-7H,8H2,1H3,(H,20,22). The van der Waals surface area contributed by atoms with Crippen LogP contribution in [0.1, 0.15) is 35.3 Å². The van der Waals surface area contributed by atoms with Crippen molar-refractivity contribution in [1.82, 2.24) is 4.72 Å². The predicted molar refractivity (Wildman–Crippen MR) is 92.6 cm³/mol. The number of alkyl halides is 3. The number of thiophene rings is 1. The molecule has 0 atom stereocenters. The largest absolute Gasteiger partial charge is 0.465 e. The van der Waals surface area contributed by atoms with Crippen LogP contribution in [0.2, 0.25) is 0 Å². The summed E-state index contributed by atoms with van der Waals surface area (Å²) in [5, 5.41) is 0. The highest BCUT2D eigenvalue weighted by Crippen LogP contribution is 2.26. The van der Waals surface area contributed by atoms with Crippen LogP contribution >= 0.6 is 11.3 Å². The Kier molecular flexibility index (Phi) is 6.24. The Morgan fingerprint density at radius 1 is 1.07 bits per heavy atom. The van der Waals surface area contributed by atoms with Crippen molar-refractivity contribution in [3.05, 3.63) is 57.3 Å². The number of sulfonamides is 1. The van der Waals surface area contributed by atoms with Gasteiger partial charge in [-0.05, 0) is 23.8 Å². The summed E-state index contributed by atoms with van der Waals surface area (Å²) >= 11 is 0.214. The third-order valence-electron chi connectivity index (χ3n) is 3.33. The molecule has 0 aliphatic rings. The number of hydrogen-bond donors (Lipinski definition) is 1. The molecule has 150 valence electrons. The van der Waals surface area contributed by atoms with Crippen LogP contribution in [0.4, 0.5) is 13.2 Å². The van der Waals surface area contributed by atoms with Crippen molar-refractivity contribution >= 4 is 39.0 Å². The normalized spacial score (nSPS) is 11.7. The van der Waals surface area contributed by atoms with E-state index >= 15 is 0 Å². The van der Waals surface area contributed by atoms with Gasteiger partial charge < -0.3 is 4.74 Å². The minimum atomic E-state index is -5.11. The number of benzene rings is 1. The highest BCUT2D eigenvalue weighted by Gasteiger charge is 2.40. The molecular weight excluding hydrogens is 423 g/mol. The summed E-state index contributed by atoms with van der Waals surface area (Å²) in [5.74, 6) is -4.84. The molecule has 0 bridgehead atoms. The smallest absolute Gasteiger partial charge is 0.455 e. The molecule has 0 saturated heterocycles. The van der Waals surface area contributed by atoms with Gasteiger partial charge in [0.05, 0.1) is 28.2 Å². The molecule has 0 saturated carbocycles. The van der Waals surface area contributed by atoms with E-state index in [2.05, 4.69) is 4.74 Å². The zero-order chi connectivity index (χ0) is 21.1. The lowest BCUT2D eigenvalue weighted by atomic mass is 10.1. The van der Waals surface area contributed by atoms with E-state index in [0.29, 0.717) is 0 Å². The Morgan fingerprint density at radius 3 is 2.29 bits per heavy atom. The molecule has 1 heterocycles. The van der Waals surface area contributed by atoms with E-state index < -0.39 is 49.4 Å². The van der Waals surface area contributed by atoms with Crippen LogP contribution in [0.25, 0.3) is 0 Å².